The molecule has 0 aliphatic carbocycles. The summed E-state index contributed by atoms with van der Waals surface area (Å²) >= 11 is 6.42. The van der Waals surface area contributed by atoms with E-state index in [1.54, 1.807) is 11.0 Å². The molecular weight excluding hydrogens is 540 g/mol. The zero-order valence-corrected chi connectivity index (χ0v) is 23.5. The number of imide groups is 1. The Kier molecular flexibility index (Phi) is 8.05. The number of benzene rings is 3. The first-order chi connectivity index (χ1) is 19.9. The summed E-state index contributed by atoms with van der Waals surface area (Å²) in [4.78, 5) is 41.1. The summed E-state index contributed by atoms with van der Waals surface area (Å²) in [6, 6.07) is 23.3. The van der Waals surface area contributed by atoms with E-state index in [1.807, 2.05) is 42.5 Å². The van der Waals surface area contributed by atoms with E-state index in [4.69, 9.17) is 16.3 Å². The van der Waals surface area contributed by atoms with E-state index >= 15 is 0 Å². The average Bonchev–Trinajstić information content (AvgIpc) is 3.29. The first-order valence-electron chi connectivity index (χ1n) is 14.1. The lowest BCUT2D eigenvalue weighted by Crippen LogP contribution is -2.54. The Bertz CT molecular complexity index is 1450. The third-order valence-electron chi connectivity index (χ3n) is 8.19. The van der Waals surface area contributed by atoms with Crippen LogP contribution in [0.5, 0.6) is 5.75 Å². The molecule has 212 valence electrons. The molecule has 3 amide bonds. The Morgan fingerprint density at radius 3 is 2.59 bits per heavy atom. The van der Waals surface area contributed by atoms with E-state index in [9.17, 15) is 14.4 Å². The van der Waals surface area contributed by atoms with Crippen molar-refractivity contribution in [2.75, 3.05) is 13.1 Å². The van der Waals surface area contributed by atoms with Crippen molar-refractivity contribution in [1.82, 2.24) is 20.4 Å². The fourth-order valence-electron chi connectivity index (χ4n) is 6.00. The highest BCUT2D eigenvalue weighted by Gasteiger charge is 2.39. The highest BCUT2D eigenvalue weighted by Crippen LogP contribution is 2.31. The SMILES string of the molecule is O=C1CCC(N2Cc3cc(O[C@@H]4CN(Cc5ccccc5)CC[C@H]4NCc4ccccc4Cl)ccc3C2=O)C(=O)N1. The number of amides is 3. The van der Waals surface area contributed by atoms with Gasteiger partial charge in [0.25, 0.3) is 5.91 Å². The second kappa shape index (κ2) is 12.0. The minimum absolute atomic E-state index is 0.105. The summed E-state index contributed by atoms with van der Waals surface area (Å²) in [5.74, 6) is -0.200. The van der Waals surface area contributed by atoms with Gasteiger partial charge in [-0.15, -0.1) is 0 Å². The molecule has 1 unspecified atom stereocenters. The van der Waals surface area contributed by atoms with Crippen LogP contribution in [-0.2, 0) is 29.2 Å². The van der Waals surface area contributed by atoms with Gasteiger partial charge in [0.15, 0.2) is 0 Å². The average molecular weight is 573 g/mol. The second-order valence-electron chi connectivity index (χ2n) is 11.0. The van der Waals surface area contributed by atoms with Gasteiger partial charge in [-0.25, -0.2) is 0 Å². The molecule has 2 N–H and O–H groups in total. The van der Waals surface area contributed by atoms with Crippen LogP contribution in [0.1, 0.15) is 46.3 Å². The predicted octanol–water partition coefficient (Wildman–Crippen LogP) is 3.91. The normalized spacial score (nSPS) is 22.9. The van der Waals surface area contributed by atoms with Gasteiger partial charge >= 0.3 is 0 Å². The molecule has 3 atom stereocenters. The molecule has 3 aliphatic rings. The summed E-state index contributed by atoms with van der Waals surface area (Å²) in [5.41, 5.74) is 3.71. The van der Waals surface area contributed by atoms with Crippen molar-refractivity contribution in [1.29, 1.82) is 0 Å². The van der Waals surface area contributed by atoms with Crippen LogP contribution in [0, 0.1) is 0 Å². The van der Waals surface area contributed by atoms with Gasteiger partial charge in [0.2, 0.25) is 11.8 Å². The number of piperidine rings is 2. The number of likely N-dealkylation sites (tertiary alicyclic amines) is 1. The number of halogens is 1. The summed E-state index contributed by atoms with van der Waals surface area (Å²) in [6.45, 7) is 3.48. The van der Waals surface area contributed by atoms with Gasteiger partial charge in [-0.05, 0) is 53.8 Å². The van der Waals surface area contributed by atoms with Crippen LogP contribution in [0.25, 0.3) is 0 Å². The Morgan fingerprint density at radius 1 is 0.976 bits per heavy atom. The topological polar surface area (TPSA) is 91.0 Å². The van der Waals surface area contributed by atoms with Gasteiger partial charge in [0.1, 0.15) is 17.9 Å². The maximum absolute atomic E-state index is 13.1. The number of carbonyl (C=O) groups is 3. The van der Waals surface area contributed by atoms with Crippen LogP contribution in [0.15, 0.2) is 72.8 Å². The molecule has 3 aromatic rings. The van der Waals surface area contributed by atoms with Gasteiger partial charge in [0.05, 0.1) is 0 Å². The Morgan fingerprint density at radius 2 is 1.78 bits per heavy atom. The number of hydrogen-bond acceptors (Lipinski definition) is 6. The molecule has 6 rings (SSSR count). The van der Waals surface area contributed by atoms with Crippen molar-refractivity contribution >= 4 is 29.3 Å². The minimum atomic E-state index is -0.639. The quantitative estimate of drug-likeness (QED) is 0.398. The molecule has 3 aromatic carbocycles. The molecule has 2 saturated heterocycles. The van der Waals surface area contributed by atoms with Gasteiger partial charge in [-0.2, -0.15) is 0 Å². The standard InChI is InChI=1S/C32H33ClN4O4/c33-26-9-5-4-8-22(26)17-34-27-14-15-36(18-21-6-2-1-3-7-21)20-29(27)41-24-10-11-25-23(16-24)19-37(32(25)40)28-12-13-30(38)35-31(28)39/h1-11,16,27-29,34H,12-15,17-20H2,(H,35,38,39)/t27-,28?,29-/m1/s1. The maximum Gasteiger partial charge on any atom is 0.255 e. The van der Waals surface area contributed by atoms with Gasteiger partial charge in [-0.3, -0.25) is 24.6 Å². The molecule has 9 heteroatoms. The first-order valence-corrected chi connectivity index (χ1v) is 14.5. The van der Waals surface area contributed by atoms with E-state index in [2.05, 4.69) is 39.8 Å². The van der Waals surface area contributed by atoms with Crippen LogP contribution in [0.2, 0.25) is 5.02 Å². The Labute approximate surface area is 244 Å². The maximum atomic E-state index is 13.1. The fraction of sp³-hybridized carbons (Fsp3) is 0.344. The monoisotopic (exact) mass is 572 g/mol. The molecule has 2 fully saturated rings. The zero-order chi connectivity index (χ0) is 28.3. The van der Waals surface area contributed by atoms with E-state index in [0.29, 0.717) is 30.8 Å². The number of hydrogen-bond donors (Lipinski definition) is 2. The van der Waals surface area contributed by atoms with Crippen LogP contribution >= 0.6 is 11.6 Å². The number of nitrogens with zero attached hydrogens (tertiary/aromatic N) is 2. The number of carbonyl (C=O) groups excluding carboxylic acids is 3. The number of nitrogens with one attached hydrogen (secondary N) is 2. The minimum Gasteiger partial charge on any atom is -0.487 e. The molecule has 3 aliphatic heterocycles. The molecule has 0 bridgehead atoms. The molecule has 8 nitrogen and oxygen atoms in total. The highest BCUT2D eigenvalue weighted by molar-refractivity contribution is 6.31. The van der Waals surface area contributed by atoms with Crippen molar-refractivity contribution < 1.29 is 19.1 Å². The van der Waals surface area contributed by atoms with Crippen molar-refractivity contribution in [2.24, 2.45) is 0 Å². The molecule has 0 aromatic heterocycles. The lowest BCUT2D eigenvalue weighted by Gasteiger charge is -2.39. The van der Waals surface area contributed by atoms with Gasteiger partial charge in [0, 0.05) is 55.8 Å². The molecular formula is C32H33ClN4O4. The van der Waals surface area contributed by atoms with Crippen molar-refractivity contribution in [2.45, 2.75) is 57.1 Å². The predicted molar refractivity (Wildman–Crippen MR) is 155 cm³/mol. The van der Waals surface area contributed by atoms with E-state index < -0.39 is 11.9 Å². The largest absolute Gasteiger partial charge is 0.487 e. The molecule has 41 heavy (non-hydrogen) atoms. The molecule has 0 spiro atoms. The van der Waals surface area contributed by atoms with E-state index in [-0.39, 0.29) is 30.4 Å². The van der Waals surface area contributed by atoms with Crippen LogP contribution in [0.3, 0.4) is 0 Å². The summed E-state index contributed by atoms with van der Waals surface area (Å²) in [7, 11) is 0. The summed E-state index contributed by atoms with van der Waals surface area (Å²) in [5, 5.41) is 6.78. The highest BCUT2D eigenvalue weighted by atomic mass is 35.5. The Balaban J connectivity index is 1.17. The number of fused-ring (bicyclic) bond motifs is 1. The van der Waals surface area contributed by atoms with Crippen LogP contribution in [-0.4, -0.2) is 58.8 Å². The van der Waals surface area contributed by atoms with Crippen LogP contribution in [0.4, 0.5) is 0 Å². The zero-order valence-electron chi connectivity index (χ0n) is 22.7. The Hall–Kier alpha value is -3.72. The third kappa shape index (κ3) is 6.15. The van der Waals surface area contributed by atoms with E-state index in [0.717, 1.165) is 42.2 Å². The van der Waals surface area contributed by atoms with E-state index in [1.165, 1.54) is 5.56 Å². The van der Waals surface area contributed by atoms with Crippen molar-refractivity contribution in [3.05, 3.63) is 100 Å². The summed E-state index contributed by atoms with van der Waals surface area (Å²) < 4.78 is 6.64. The fourth-order valence-corrected chi connectivity index (χ4v) is 6.20. The number of ether oxygens (including phenoxy) is 1. The van der Waals surface area contributed by atoms with Crippen LogP contribution < -0.4 is 15.4 Å². The third-order valence-corrected chi connectivity index (χ3v) is 8.56. The van der Waals surface area contributed by atoms with Crippen molar-refractivity contribution in [3.63, 3.8) is 0 Å². The lowest BCUT2D eigenvalue weighted by molar-refractivity contribution is -0.136. The second-order valence-corrected chi connectivity index (χ2v) is 11.4. The molecule has 3 heterocycles. The van der Waals surface area contributed by atoms with Gasteiger partial charge in [-0.1, -0.05) is 60.1 Å². The first kappa shape index (κ1) is 27.4. The number of rotatable bonds is 8. The summed E-state index contributed by atoms with van der Waals surface area (Å²) in [6.07, 6.45) is 1.35. The molecule has 0 radical (unpaired) electrons. The lowest BCUT2D eigenvalue weighted by atomic mass is 10.00. The molecule has 0 saturated carbocycles. The van der Waals surface area contributed by atoms with Gasteiger partial charge < -0.3 is 15.0 Å². The van der Waals surface area contributed by atoms with Crippen molar-refractivity contribution in [3.8, 4) is 5.75 Å². The smallest absolute Gasteiger partial charge is 0.255 e.